The molecule has 1 aromatic rings. The second-order valence-electron chi connectivity index (χ2n) is 5.05. The Morgan fingerprint density at radius 1 is 1.26 bits per heavy atom. The third kappa shape index (κ3) is 6.58. The average molecular weight is 450 g/mol. The Kier molecular flexibility index (Phi) is 9.39. The van der Waals surface area contributed by atoms with E-state index in [9.17, 15) is 4.39 Å². The number of halogens is 2. The molecule has 4 nitrogen and oxygen atoms in total. The van der Waals surface area contributed by atoms with Crippen molar-refractivity contribution in [3.63, 3.8) is 0 Å². The van der Waals surface area contributed by atoms with Gasteiger partial charge in [-0.3, -0.25) is 4.99 Å². The van der Waals surface area contributed by atoms with E-state index in [1.807, 2.05) is 18.2 Å². The van der Waals surface area contributed by atoms with Crippen LogP contribution in [0.1, 0.15) is 0 Å². The van der Waals surface area contributed by atoms with Crippen molar-refractivity contribution < 1.29 is 4.39 Å². The van der Waals surface area contributed by atoms with Gasteiger partial charge in [0.1, 0.15) is 5.82 Å². The van der Waals surface area contributed by atoms with Gasteiger partial charge >= 0.3 is 0 Å². The van der Waals surface area contributed by atoms with Gasteiger partial charge in [0.05, 0.1) is 6.54 Å². The third-order valence-corrected chi connectivity index (χ3v) is 4.48. The topological polar surface area (TPSA) is 44.9 Å². The van der Waals surface area contributed by atoms with E-state index in [1.165, 1.54) is 12.1 Å². The number of anilines is 1. The molecule has 0 spiro atoms. The van der Waals surface area contributed by atoms with Crippen LogP contribution >= 0.6 is 35.7 Å². The van der Waals surface area contributed by atoms with Gasteiger partial charge in [0, 0.05) is 43.4 Å². The summed E-state index contributed by atoms with van der Waals surface area (Å²) in [6.45, 7) is 7.84. The molecule has 0 saturated carbocycles. The fraction of sp³-hybridized carbons (Fsp3) is 0.438. The molecule has 1 saturated heterocycles. The number of aliphatic imine (C=N–C) groups is 1. The van der Waals surface area contributed by atoms with Crippen LogP contribution in [0.4, 0.5) is 10.1 Å². The maximum atomic E-state index is 13.0. The van der Waals surface area contributed by atoms with Crippen molar-refractivity contribution in [2.45, 2.75) is 0 Å². The molecule has 0 aromatic heterocycles. The fourth-order valence-corrected chi connectivity index (χ4v) is 2.89. The highest BCUT2D eigenvalue weighted by Crippen LogP contribution is 2.16. The molecule has 1 aliphatic rings. The Morgan fingerprint density at radius 3 is 2.52 bits per heavy atom. The van der Waals surface area contributed by atoms with Crippen molar-refractivity contribution in [2.75, 3.05) is 49.1 Å². The number of hydrogen-bond donors (Lipinski definition) is 1. The summed E-state index contributed by atoms with van der Waals surface area (Å²) in [7, 11) is 0. The molecule has 0 aliphatic carbocycles. The highest BCUT2D eigenvalue weighted by molar-refractivity contribution is 14.0. The summed E-state index contributed by atoms with van der Waals surface area (Å²) in [4.78, 5) is 8.77. The Labute approximate surface area is 159 Å². The van der Waals surface area contributed by atoms with Gasteiger partial charge in [-0.25, -0.2) is 4.39 Å². The molecular formula is C16H24FIN4S. The summed E-state index contributed by atoms with van der Waals surface area (Å²) < 4.78 is 13.0. The molecule has 0 bridgehead atoms. The van der Waals surface area contributed by atoms with Gasteiger partial charge < -0.3 is 15.5 Å². The molecule has 7 heteroatoms. The Morgan fingerprint density at radius 2 is 1.91 bits per heavy atom. The number of benzene rings is 1. The summed E-state index contributed by atoms with van der Waals surface area (Å²) >= 11 is 1.80. The van der Waals surface area contributed by atoms with Crippen LogP contribution in [0.3, 0.4) is 0 Å². The number of nitrogens with zero attached hydrogens (tertiary/aromatic N) is 3. The quantitative estimate of drug-likeness (QED) is 0.238. The first-order chi connectivity index (χ1) is 10.7. The zero-order valence-corrected chi connectivity index (χ0v) is 16.3. The molecule has 128 valence electrons. The zero-order chi connectivity index (χ0) is 15.8. The molecule has 0 atom stereocenters. The number of hydrogen-bond acceptors (Lipinski definition) is 3. The zero-order valence-electron chi connectivity index (χ0n) is 13.2. The molecule has 0 radical (unpaired) electrons. The van der Waals surface area contributed by atoms with Crippen molar-refractivity contribution >= 4 is 47.4 Å². The molecule has 1 fully saturated rings. The van der Waals surface area contributed by atoms with E-state index in [1.54, 1.807) is 11.8 Å². The first-order valence-corrected chi connectivity index (χ1v) is 8.60. The van der Waals surface area contributed by atoms with Crippen LogP contribution in [-0.4, -0.2) is 55.1 Å². The van der Waals surface area contributed by atoms with Crippen LogP contribution < -0.4 is 10.6 Å². The van der Waals surface area contributed by atoms with Gasteiger partial charge in [-0.05, 0) is 24.3 Å². The van der Waals surface area contributed by atoms with Crippen LogP contribution in [0.15, 0.2) is 41.9 Å². The molecular weight excluding hydrogens is 426 g/mol. The number of guanidine groups is 1. The normalized spacial score (nSPS) is 15.3. The number of thioether (sulfide) groups is 1. The van der Waals surface area contributed by atoms with Crippen LogP contribution in [-0.2, 0) is 0 Å². The van der Waals surface area contributed by atoms with Crippen LogP contribution in [0, 0.1) is 5.82 Å². The predicted octanol–water partition coefficient (Wildman–Crippen LogP) is 2.80. The van der Waals surface area contributed by atoms with E-state index in [2.05, 4.69) is 21.4 Å². The summed E-state index contributed by atoms with van der Waals surface area (Å²) in [5.74, 6) is 2.33. The lowest BCUT2D eigenvalue weighted by Crippen LogP contribution is -2.51. The smallest absolute Gasteiger partial charge is 0.191 e. The van der Waals surface area contributed by atoms with Crippen LogP contribution in [0.25, 0.3) is 0 Å². The van der Waals surface area contributed by atoms with Crippen molar-refractivity contribution in [1.82, 2.24) is 4.90 Å². The lowest BCUT2D eigenvalue weighted by Gasteiger charge is -2.36. The molecule has 2 rings (SSSR count). The Hall–Kier alpha value is -0.960. The minimum Gasteiger partial charge on any atom is -0.370 e. The van der Waals surface area contributed by atoms with E-state index >= 15 is 0 Å². The summed E-state index contributed by atoms with van der Waals surface area (Å²) in [5, 5.41) is 0. The third-order valence-electron chi connectivity index (χ3n) is 3.54. The lowest BCUT2D eigenvalue weighted by molar-refractivity contribution is 0.381. The average Bonchev–Trinajstić information content (AvgIpc) is 2.55. The van der Waals surface area contributed by atoms with E-state index < -0.39 is 0 Å². The van der Waals surface area contributed by atoms with Gasteiger partial charge in [0.15, 0.2) is 5.96 Å². The first kappa shape index (κ1) is 20.1. The molecule has 0 unspecified atom stereocenters. The largest absolute Gasteiger partial charge is 0.370 e. The number of nitrogens with two attached hydrogens (primary N) is 1. The maximum Gasteiger partial charge on any atom is 0.191 e. The summed E-state index contributed by atoms with van der Waals surface area (Å²) in [5.41, 5.74) is 7.10. The van der Waals surface area contributed by atoms with Crippen molar-refractivity contribution in [1.29, 1.82) is 0 Å². The predicted molar refractivity (Wildman–Crippen MR) is 110 cm³/mol. The van der Waals surface area contributed by atoms with Gasteiger partial charge in [-0.1, -0.05) is 6.08 Å². The maximum absolute atomic E-state index is 13.0. The minimum atomic E-state index is -0.201. The van der Waals surface area contributed by atoms with E-state index in [0.717, 1.165) is 49.9 Å². The van der Waals surface area contributed by atoms with Crippen LogP contribution in [0.2, 0.25) is 0 Å². The van der Waals surface area contributed by atoms with Crippen LogP contribution in [0.5, 0.6) is 0 Å². The van der Waals surface area contributed by atoms with Gasteiger partial charge in [-0.2, -0.15) is 11.8 Å². The number of piperazine rings is 1. The van der Waals surface area contributed by atoms with E-state index in [4.69, 9.17) is 5.73 Å². The summed E-state index contributed by atoms with van der Waals surface area (Å²) in [6, 6.07) is 6.63. The summed E-state index contributed by atoms with van der Waals surface area (Å²) in [6.07, 6.45) is 1.90. The first-order valence-electron chi connectivity index (χ1n) is 7.44. The molecule has 1 aromatic carbocycles. The fourth-order valence-electron chi connectivity index (χ4n) is 2.34. The van der Waals surface area contributed by atoms with E-state index in [0.29, 0.717) is 5.96 Å². The molecule has 23 heavy (non-hydrogen) atoms. The lowest BCUT2D eigenvalue weighted by atomic mass is 10.2. The van der Waals surface area contributed by atoms with Crippen molar-refractivity contribution in [3.8, 4) is 0 Å². The SMILES string of the molecule is C=CCSCCN=C(N)N1CCN(c2ccc(F)cc2)CC1.I. The monoisotopic (exact) mass is 450 g/mol. The molecule has 0 amide bonds. The highest BCUT2D eigenvalue weighted by Gasteiger charge is 2.18. The number of rotatable bonds is 6. The van der Waals surface area contributed by atoms with Gasteiger partial charge in [0.25, 0.3) is 0 Å². The minimum absolute atomic E-state index is 0. The molecule has 1 heterocycles. The van der Waals surface area contributed by atoms with Crippen molar-refractivity contribution in [3.05, 3.63) is 42.7 Å². The standard InChI is InChI=1S/C16H23FN4S.HI/c1-2-12-22-13-7-19-16(18)21-10-8-20(9-11-21)15-5-3-14(17)4-6-15;/h2-6H,1,7-13H2,(H2,18,19);1H. The second-order valence-corrected chi connectivity index (χ2v) is 6.20. The Balaban J connectivity index is 0.00000264. The van der Waals surface area contributed by atoms with Gasteiger partial charge in [0.2, 0.25) is 0 Å². The van der Waals surface area contributed by atoms with E-state index in [-0.39, 0.29) is 29.8 Å². The molecule has 1 aliphatic heterocycles. The highest BCUT2D eigenvalue weighted by atomic mass is 127. The van der Waals surface area contributed by atoms with Crippen molar-refractivity contribution in [2.24, 2.45) is 10.7 Å². The molecule has 2 N–H and O–H groups in total. The Bertz CT molecular complexity index is 501. The second kappa shape index (κ2) is 10.7. The van der Waals surface area contributed by atoms with Gasteiger partial charge in [-0.15, -0.1) is 30.6 Å².